The largest absolute Gasteiger partial charge is 0.504 e. The van der Waals surface area contributed by atoms with E-state index >= 15 is 0 Å². The molecule has 0 aromatic heterocycles. The highest BCUT2D eigenvalue weighted by molar-refractivity contribution is 5.54. The molecule has 1 unspecified atom stereocenters. The summed E-state index contributed by atoms with van der Waals surface area (Å²) in [6.07, 6.45) is 1.30. The number of aliphatic hydroxyl groups is 1. The number of aromatic hydroxyl groups is 2. The third kappa shape index (κ3) is 1.50. The maximum atomic E-state index is 9.73. The molecule has 16 heavy (non-hydrogen) atoms. The van der Waals surface area contributed by atoms with E-state index in [1.165, 1.54) is 13.2 Å². The van der Waals surface area contributed by atoms with Crippen LogP contribution in [-0.2, 0) is 5.41 Å². The molecule has 3 N–H and O–H groups in total. The van der Waals surface area contributed by atoms with E-state index in [2.05, 4.69) is 0 Å². The maximum Gasteiger partial charge on any atom is 0.200 e. The zero-order valence-electron chi connectivity index (χ0n) is 9.40. The van der Waals surface area contributed by atoms with Gasteiger partial charge in [-0.3, -0.25) is 0 Å². The van der Waals surface area contributed by atoms with Gasteiger partial charge in [0.1, 0.15) is 0 Å². The van der Waals surface area contributed by atoms with Crippen LogP contribution in [-0.4, -0.2) is 28.5 Å². The average molecular weight is 224 g/mol. The summed E-state index contributed by atoms with van der Waals surface area (Å²) in [5.74, 6) is -0.226. The van der Waals surface area contributed by atoms with Crippen molar-refractivity contribution in [3.8, 4) is 17.2 Å². The van der Waals surface area contributed by atoms with E-state index in [4.69, 9.17) is 4.74 Å². The van der Waals surface area contributed by atoms with Crippen molar-refractivity contribution in [2.24, 2.45) is 0 Å². The molecule has 1 aliphatic rings. The first-order valence-corrected chi connectivity index (χ1v) is 5.30. The lowest BCUT2D eigenvalue weighted by atomic mass is 9.90. The molecule has 1 fully saturated rings. The van der Waals surface area contributed by atoms with Crippen molar-refractivity contribution in [3.05, 3.63) is 17.7 Å². The average Bonchev–Trinajstić information content (AvgIpc) is 3.02. The zero-order valence-corrected chi connectivity index (χ0v) is 9.40. The van der Waals surface area contributed by atoms with Gasteiger partial charge in [0.05, 0.1) is 13.2 Å². The first kappa shape index (κ1) is 11.1. The van der Waals surface area contributed by atoms with Crippen molar-refractivity contribution in [2.45, 2.75) is 31.3 Å². The van der Waals surface area contributed by atoms with Crippen LogP contribution < -0.4 is 4.74 Å². The fraction of sp³-hybridized carbons (Fsp3) is 0.500. The molecule has 0 amide bonds. The zero-order chi connectivity index (χ0) is 11.9. The van der Waals surface area contributed by atoms with E-state index in [-0.39, 0.29) is 22.7 Å². The summed E-state index contributed by atoms with van der Waals surface area (Å²) in [7, 11) is 1.43. The number of aliphatic hydroxyl groups excluding tert-OH is 1. The van der Waals surface area contributed by atoms with Crippen LogP contribution in [0.3, 0.4) is 0 Å². The van der Waals surface area contributed by atoms with Crippen LogP contribution in [0.2, 0.25) is 0 Å². The standard InChI is InChI=1S/C12H16O4/c1-7(13)12(3-4-12)8-5-9(14)11(15)10(6-8)16-2/h5-7,13-15H,3-4H2,1-2H3. The molecule has 0 heterocycles. The van der Waals surface area contributed by atoms with E-state index in [0.29, 0.717) is 0 Å². The lowest BCUT2D eigenvalue weighted by Gasteiger charge is -2.20. The fourth-order valence-corrected chi connectivity index (χ4v) is 2.12. The first-order valence-electron chi connectivity index (χ1n) is 5.30. The van der Waals surface area contributed by atoms with Crippen LogP contribution in [0.4, 0.5) is 0 Å². The smallest absolute Gasteiger partial charge is 0.200 e. The molecule has 0 radical (unpaired) electrons. The van der Waals surface area contributed by atoms with E-state index < -0.39 is 6.10 Å². The highest BCUT2D eigenvalue weighted by atomic mass is 16.5. The van der Waals surface area contributed by atoms with Crippen molar-refractivity contribution in [2.75, 3.05) is 7.11 Å². The maximum absolute atomic E-state index is 9.73. The van der Waals surface area contributed by atoms with Gasteiger partial charge in [0.2, 0.25) is 5.75 Å². The van der Waals surface area contributed by atoms with Gasteiger partial charge in [0.15, 0.2) is 11.5 Å². The lowest BCUT2D eigenvalue weighted by Crippen LogP contribution is -2.22. The summed E-state index contributed by atoms with van der Waals surface area (Å²) < 4.78 is 4.98. The first-order chi connectivity index (χ1) is 7.51. The van der Waals surface area contributed by atoms with E-state index in [0.717, 1.165) is 18.4 Å². The molecule has 0 saturated heterocycles. The molecule has 1 atom stereocenters. The highest BCUT2D eigenvalue weighted by Gasteiger charge is 2.49. The number of phenols is 2. The molecule has 1 aromatic rings. The Labute approximate surface area is 94.1 Å². The Morgan fingerprint density at radius 2 is 1.94 bits per heavy atom. The van der Waals surface area contributed by atoms with Gasteiger partial charge < -0.3 is 20.1 Å². The second-order valence-corrected chi connectivity index (χ2v) is 4.38. The quantitative estimate of drug-likeness (QED) is 0.681. The number of hydrogen-bond donors (Lipinski definition) is 3. The van der Waals surface area contributed by atoms with Crippen LogP contribution in [0.5, 0.6) is 17.2 Å². The van der Waals surface area contributed by atoms with Crippen molar-refractivity contribution in [3.63, 3.8) is 0 Å². The summed E-state index contributed by atoms with van der Waals surface area (Å²) in [6.45, 7) is 1.74. The van der Waals surface area contributed by atoms with Crippen LogP contribution in [0.15, 0.2) is 12.1 Å². The molecule has 88 valence electrons. The number of rotatable bonds is 3. The van der Waals surface area contributed by atoms with Crippen LogP contribution in [0, 0.1) is 0 Å². The molecule has 0 bridgehead atoms. The third-order valence-corrected chi connectivity index (χ3v) is 3.44. The van der Waals surface area contributed by atoms with E-state index in [1.54, 1.807) is 13.0 Å². The number of methoxy groups -OCH3 is 1. The Hall–Kier alpha value is -1.42. The third-order valence-electron chi connectivity index (χ3n) is 3.44. The molecule has 1 aliphatic carbocycles. The topological polar surface area (TPSA) is 69.9 Å². The second kappa shape index (κ2) is 3.56. The van der Waals surface area contributed by atoms with Crippen LogP contribution >= 0.6 is 0 Å². The minimum absolute atomic E-state index is 0.207. The van der Waals surface area contributed by atoms with Crippen LogP contribution in [0.1, 0.15) is 25.3 Å². The molecular weight excluding hydrogens is 208 g/mol. The monoisotopic (exact) mass is 224 g/mol. The molecular formula is C12H16O4. The van der Waals surface area contributed by atoms with Gasteiger partial charge >= 0.3 is 0 Å². The van der Waals surface area contributed by atoms with Crippen molar-refractivity contribution in [1.29, 1.82) is 0 Å². The summed E-state index contributed by atoms with van der Waals surface area (Å²) in [4.78, 5) is 0. The van der Waals surface area contributed by atoms with Crippen molar-refractivity contribution in [1.82, 2.24) is 0 Å². The Morgan fingerprint density at radius 3 is 2.38 bits per heavy atom. The summed E-state index contributed by atoms with van der Waals surface area (Å²) in [5, 5.41) is 28.8. The number of hydrogen-bond acceptors (Lipinski definition) is 4. The molecule has 4 nitrogen and oxygen atoms in total. The Bertz CT molecular complexity index is 408. The molecule has 0 aliphatic heterocycles. The van der Waals surface area contributed by atoms with Crippen molar-refractivity contribution >= 4 is 0 Å². The molecule has 4 heteroatoms. The van der Waals surface area contributed by atoms with Gasteiger partial charge in [0, 0.05) is 5.41 Å². The van der Waals surface area contributed by atoms with Gasteiger partial charge in [-0.25, -0.2) is 0 Å². The molecule has 1 saturated carbocycles. The predicted octanol–water partition coefficient (Wildman–Crippen LogP) is 1.52. The molecule has 0 spiro atoms. The highest BCUT2D eigenvalue weighted by Crippen LogP contribution is 2.53. The van der Waals surface area contributed by atoms with Gasteiger partial charge in [-0.2, -0.15) is 0 Å². The van der Waals surface area contributed by atoms with Crippen molar-refractivity contribution < 1.29 is 20.1 Å². The minimum atomic E-state index is -0.471. The Morgan fingerprint density at radius 1 is 1.31 bits per heavy atom. The van der Waals surface area contributed by atoms with E-state index in [1.807, 2.05) is 0 Å². The molecule has 1 aromatic carbocycles. The van der Waals surface area contributed by atoms with Gasteiger partial charge in [-0.15, -0.1) is 0 Å². The summed E-state index contributed by atoms with van der Waals surface area (Å²) in [6, 6.07) is 3.17. The molecule has 2 rings (SSSR count). The summed E-state index contributed by atoms with van der Waals surface area (Å²) >= 11 is 0. The lowest BCUT2D eigenvalue weighted by molar-refractivity contribution is 0.150. The van der Waals surface area contributed by atoms with Gasteiger partial charge in [-0.1, -0.05) is 0 Å². The normalized spacial score (nSPS) is 19.2. The SMILES string of the molecule is COc1cc(C2(C(C)O)CC2)cc(O)c1O. The number of phenolic OH excluding ortho intramolecular Hbond substituents is 2. The van der Waals surface area contributed by atoms with Crippen LogP contribution in [0.25, 0.3) is 0 Å². The second-order valence-electron chi connectivity index (χ2n) is 4.38. The van der Waals surface area contributed by atoms with E-state index in [9.17, 15) is 15.3 Å². The fourth-order valence-electron chi connectivity index (χ4n) is 2.12. The Balaban J connectivity index is 2.47. The van der Waals surface area contributed by atoms with Gasteiger partial charge in [-0.05, 0) is 37.5 Å². The Kier molecular flexibility index (Phi) is 2.46. The number of benzene rings is 1. The van der Waals surface area contributed by atoms with Gasteiger partial charge in [0.25, 0.3) is 0 Å². The minimum Gasteiger partial charge on any atom is -0.504 e. The number of ether oxygens (including phenoxy) is 1. The predicted molar refractivity (Wildman–Crippen MR) is 58.9 cm³/mol. The summed E-state index contributed by atoms with van der Waals surface area (Å²) in [5.41, 5.74) is 0.535.